The lowest BCUT2D eigenvalue weighted by molar-refractivity contribution is -0.185. The quantitative estimate of drug-likeness (QED) is 0.775. The minimum Gasteiger partial charge on any atom is -0.353 e. The monoisotopic (exact) mass is 345 g/mol. The zero-order valence-corrected chi connectivity index (χ0v) is 14.6. The Kier molecular flexibility index (Phi) is 7.45. The molecule has 0 aromatic heterocycles. The number of hydrogen-bond donors (Lipinski definition) is 1. The maximum Gasteiger partial charge on any atom is 0.157 e. The van der Waals surface area contributed by atoms with Gasteiger partial charge in [-0.05, 0) is 69.2 Å². The van der Waals surface area contributed by atoms with Gasteiger partial charge in [0.15, 0.2) is 6.29 Å². The standard InChI is InChI=1S/C17H25Cl2NO2/c1-12(22-17-4-2-3-9-21-17)5-6-14(11-20)13-7-8-15(18)16(19)10-13/h7-8,10,12,14,17H,2-6,9,11,20H2,1H3. The molecule has 2 N–H and O–H groups in total. The summed E-state index contributed by atoms with van der Waals surface area (Å²) < 4.78 is 11.6. The van der Waals surface area contributed by atoms with Gasteiger partial charge in [-0.2, -0.15) is 0 Å². The topological polar surface area (TPSA) is 44.5 Å². The van der Waals surface area contributed by atoms with Gasteiger partial charge >= 0.3 is 0 Å². The summed E-state index contributed by atoms with van der Waals surface area (Å²) in [5.41, 5.74) is 7.06. The highest BCUT2D eigenvalue weighted by molar-refractivity contribution is 6.42. The molecule has 0 spiro atoms. The number of hydrogen-bond acceptors (Lipinski definition) is 3. The second kappa shape index (κ2) is 9.09. The van der Waals surface area contributed by atoms with Crippen LogP contribution < -0.4 is 5.73 Å². The predicted molar refractivity (Wildman–Crippen MR) is 91.6 cm³/mol. The molecule has 1 aliphatic rings. The summed E-state index contributed by atoms with van der Waals surface area (Å²) >= 11 is 12.1. The Balaban J connectivity index is 1.83. The molecule has 22 heavy (non-hydrogen) atoms. The van der Waals surface area contributed by atoms with Crippen molar-refractivity contribution >= 4 is 23.2 Å². The number of nitrogens with two attached hydrogens (primary N) is 1. The van der Waals surface area contributed by atoms with Crippen LogP contribution in [0.2, 0.25) is 10.0 Å². The molecule has 0 aliphatic carbocycles. The Morgan fingerprint density at radius 1 is 1.27 bits per heavy atom. The fourth-order valence-electron chi connectivity index (χ4n) is 2.77. The van der Waals surface area contributed by atoms with E-state index in [0.717, 1.165) is 37.9 Å². The van der Waals surface area contributed by atoms with Gasteiger partial charge in [-0.3, -0.25) is 0 Å². The summed E-state index contributed by atoms with van der Waals surface area (Å²) in [6.45, 7) is 3.50. The normalized spacial score (nSPS) is 21.5. The number of rotatable bonds is 7. The van der Waals surface area contributed by atoms with Gasteiger partial charge in [0.05, 0.1) is 16.1 Å². The molecular formula is C17H25Cl2NO2. The van der Waals surface area contributed by atoms with Crippen LogP contribution in [-0.2, 0) is 9.47 Å². The summed E-state index contributed by atoms with van der Waals surface area (Å²) in [5.74, 6) is 0.271. The van der Waals surface area contributed by atoms with Gasteiger partial charge in [-0.25, -0.2) is 0 Å². The van der Waals surface area contributed by atoms with Gasteiger partial charge in [0.1, 0.15) is 0 Å². The predicted octanol–water partition coefficient (Wildman–Crippen LogP) is 4.75. The first kappa shape index (κ1) is 18.0. The Labute approximate surface area is 143 Å². The Morgan fingerprint density at radius 3 is 2.73 bits per heavy atom. The highest BCUT2D eigenvalue weighted by Gasteiger charge is 2.19. The van der Waals surface area contributed by atoms with E-state index in [-0.39, 0.29) is 18.3 Å². The molecule has 1 aliphatic heterocycles. The molecule has 1 saturated heterocycles. The zero-order valence-electron chi connectivity index (χ0n) is 13.1. The fraction of sp³-hybridized carbons (Fsp3) is 0.647. The molecule has 1 heterocycles. The maximum absolute atomic E-state index is 6.09. The van der Waals surface area contributed by atoms with Gasteiger partial charge in [-0.1, -0.05) is 29.3 Å². The summed E-state index contributed by atoms with van der Waals surface area (Å²) in [6, 6.07) is 5.75. The van der Waals surface area contributed by atoms with Gasteiger partial charge < -0.3 is 15.2 Å². The number of benzene rings is 1. The van der Waals surface area contributed by atoms with E-state index in [1.807, 2.05) is 18.2 Å². The number of ether oxygens (including phenoxy) is 2. The minimum atomic E-state index is -0.0370. The van der Waals surface area contributed by atoms with Crippen LogP contribution in [0.3, 0.4) is 0 Å². The van der Waals surface area contributed by atoms with Crippen molar-refractivity contribution in [3.8, 4) is 0 Å². The van der Waals surface area contributed by atoms with E-state index in [1.54, 1.807) is 0 Å². The van der Waals surface area contributed by atoms with Crippen molar-refractivity contribution in [2.75, 3.05) is 13.2 Å². The molecule has 0 amide bonds. The smallest absolute Gasteiger partial charge is 0.157 e. The highest BCUT2D eigenvalue weighted by Crippen LogP contribution is 2.29. The molecule has 2 rings (SSSR count). The molecule has 3 nitrogen and oxygen atoms in total. The van der Waals surface area contributed by atoms with Crippen molar-refractivity contribution in [2.24, 2.45) is 5.73 Å². The lowest BCUT2D eigenvalue weighted by Gasteiger charge is -2.27. The Morgan fingerprint density at radius 2 is 2.09 bits per heavy atom. The Hall–Kier alpha value is -0.320. The first-order valence-corrected chi connectivity index (χ1v) is 8.77. The average molecular weight is 346 g/mol. The summed E-state index contributed by atoms with van der Waals surface area (Å²) in [5, 5.41) is 1.16. The molecule has 0 radical (unpaired) electrons. The third-order valence-corrected chi connectivity index (χ3v) is 4.88. The molecule has 3 unspecified atom stereocenters. The fourth-order valence-corrected chi connectivity index (χ4v) is 3.07. The maximum atomic E-state index is 6.09. The van der Waals surface area contributed by atoms with E-state index in [9.17, 15) is 0 Å². The first-order chi connectivity index (χ1) is 10.6. The van der Waals surface area contributed by atoms with Gasteiger partial charge in [0.2, 0.25) is 0 Å². The first-order valence-electron chi connectivity index (χ1n) is 8.02. The van der Waals surface area contributed by atoms with Crippen LogP contribution in [0.5, 0.6) is 0 Å². The van der Waals surface area contributed by atoms with Crippen LogP contribution in [0.15, 0.2) is 18.2 Å². The van der Waals surface area contributed by atoms with Crippen molar-refractivity contribution in [1.29, 1.82) is 0 Å². The molecule has 1 fully saturated rings. The van der Waals surface area contributed by atoms with E-state index in [2.05, 4.69) is 6.92 Å². The van der Waals surface area contributed by atoms with Gasteiger partial charge in [0.25, 0.3) is 0 Å². The van der Waals surface area contributed by atoms with E-state index in [1.165, 1.54) is 6.42 Å². The third-order valence-electron chi connectivity index (χ3n) is 4.14. The van der Waals surface area contributed by atoms with E-state index >= 15 is 0 Å². The minimum absolute atomic E-state index is 0.0370. The van der Waals surface area contributed by atoms with Crippen LogP contribution >= 0.6 is 23.2 Å². The van der Waals surface area contributed by atoms with Crippen molar-refractivity contribution in [2.45, 2.75) is 57.3 Å². The molecular weight excluding hydrogens is 321 g/mol. The van der Waals surface area contributed by atoms with Crippen molar-refractivity contribution < 1.29 is 9.47 Å². The van der Waals surface area contributed by atoms with Gasteiger partial charge in [-0.15, -0.1) is 0 Å². The second-order valence-corrected chi connectivity index (χ2v) is 6.74. The van der Waals surface area contributed by atoms with Crippen LogP contribution in [0, 0.1) is 0 Å². The molecule has 0 saturated carbocycles. The lowest BCUT2D eigenvalue weighted by atomic mass is 9.93. The number of halogens is 2. The second-order valence-electron chi connectivity index (χ2n) is 5.93. The lowest BCUT2D eigenvalue weighted by Crippen LogP contribution is -2.27. The van der Waals surface area contributed by atoms with Crippen molar-refractivity contribution in [1.82, 2.24) is 0 Å². The van der Waals surface area contributed by atoms with Crippen molar-refractivity contribution in [3.63, 3.8) is 0 Å². The molecule has 0 bridgehead atoms. The molecule has 3 atom stereocenters. The molecule has 124 valence electrons. The summed E-state index contributed by atoms with van der Waals surface area (Å²) in [4.78, 5) is 0. The Bertz CT molecular complexity index is 464. The zero-order chi connectivity index (χ0) is 15.9. The summed E-state index contributed by atoms with van der Waals surface area (Å²) in [7, 11) is 0. The van der Waals surface area contributed by atoms with Gasteiger partial charge in [0, 0.05) is 6.61 Å². The van der Waals surface area contributed by atoms with Crippen LogP contribution in [-0.4, -0.2) is 25.5 Å². The van der Waals surface area contributed by atoms with Crippen molar-refractivity contribution in [3.05, 3.63) is 33.8 Å². The average Bonchev–Trinajstić information content (AvgIpc) is 2.52. The van der Waals surface area contributed by atoms with Crippen LogP contribution in [0.4, 0.5) is 0 Å². The SMILES string of the molecule is CC(CCC(CN)c1ccc(Cl)c(Cl)c1)OC1CCCCO1. The summed E-state index contributed by atoms with van der Waals surface area (Å²) in [6.07, 6.45) is 5.36. The third kappa shape index (κ3) is 5.39. The largest absolute Gasteiger partial charge is 0.353 e. The van der Waals surface area contributed by atoms with E-state index in [0.29, 0.717) is 16.6 Å². The molecule has 1 aromatic carbocycles. The van der Waals surface area contributed by atoms with Crippen LogP contribution in [0.25, 0.3) is 0 Å². The van der Waals surface area contributed by atoms with E-state index < -0.39 is 0 Å². The van der Waals surface area contributed by atoms with Crippen LogP contribution in [0.1, 0.15) is 50.5 Å². The molecule has 5 heteroatoms. The highest BCUT2D eigenvalue weighted by atomic mass is 35.5. The van der Waals surface area contributed by atoms with E-state index in [4.69, 9.17) is 38.4 Å². The molecule has 1 aromatic rings.